The van der Waals surface area contributed by atoms with Crippen LogP contribution in [0.3, 0.4) is 0 Å². The Labute approximate surface area is 164 Å². The molecular formula is C19H13Cl2N3OS. The monoisotopic (exact) mass is 401 g/mol. The minimum absolute atomic E-state index is 0.171. The molecule has 1 N–H and O–H groups in total. The Morgan fingerprint density at radius 2 is 1.85 bits per heavy atom. The minimum atomic E-state index is -0.171. The van der Waals surface area contributed by atoms with Crippen LogP contribution in [-0.2, 0) is 7.05 Å². The first-order valence-corrected chi connectivity index (χ1v) is 9.38. The van der Waals surface area contributed by atoms with Gasteiger partial charge in [-0.15, -0.1) is 11.3 Å². The zero-order valence-corrected chi connectivity index (χ0v) is 16.0. The van der Waals surface area contributed by atoms with E-state index in [0.29, 0.717) is 20.6 Å². The quantitative estimate of drug-likeness (QED) is 0.467. The van der Waals surface area contributed by atoms with E-state index in [-0.39, 0.29) is 5.91 Å². The number of rotatable bonds is 3. The van der Waals surface area contributed by atoms with Gasteiger partial charge in [-0.2, -0.15) is 5.10 Å². The fourth-order valence-electron chi connectivity index (χ4n) is 2.73. The predicted octanol–water partition coefficient (Wildman–Crippen LogP) is 5.86. The highest BCUT2D eigenvalue weighted by molar-refractivity contribution is 7.20. The lowest BCUT2D eigenvalue weighted by molar-refractivity contribution is 0.103. The van der Waals surface area contributed by atoms with Crippen LogP contribution in [0.2, 0.25) is 10.0 Å². The van der Waals surface area contributed by atoms with E-state index in [2.05, 4.69) is 10.4 Å². The number of aryl methyl sites for hydroxylation is 1. The average Bonchev–Trinajstić information content (AvgIpc) is 3.17. The van der Waals surface area contributed by atoms with Crippen molar-refractivity contribution in [1.82, 2.24) is 9.78 Å². The van der Waals surface area contributed by atoms with Gasteiger partial charge in [0.05, 0.1) is 4.88 Å². The maximum absolute atomic E-state index is 12.6. The standard InChI is InChI=1S/C19H13Cl2N3OS/c1-24-19-15(17(23-24)11-5-7-12(20)8-6-11)10-16(26-19)18(25)22-14-4-2-3-13(21)9-14/h2-10H,1H3,(H,22,25). The molecule has 2 heterocycles. The van der Waals surface area contributed by atoms with Crippen LogP contribution in [-0.4, -0.2) is 15.7 Å². The van der Waals surface area contributed by atoms with Crippen LogP contribution < -0.4 is 5.32 Å². The van der Waals surface area contributed by atoms with Crippen molar-refractivity contribution in [3.63, 3.8) is 0 Å². The molecule has 2 aromatic heterocycles. The molecule has 0 unspecified atom stereocenters. The number of thiophene rings is 1. The number of anilines is 1. The lowest BCUT2D eigenvalue weighted by Crippen LogP contribution is -2.09. The molecule has 1 amide bonds. The summed E-state index contributed by atoms with van der Waals surface area (Å²) >= 11 is 13.3. The van der Waals surface area contributed by atoms with Crippen LogP contribution >= 0.6 is 34.5 Å². The van der Waals surface area contributed by atoms with Crippen LogP contribution in [0.5, 0.6) is 0 Å². The molecule has 0 radical (unpaired) electrons. The molecule has 0 saturated heterocycles. The van der Waals surface area contributed by atoms with Crippen molar-refractivity contribution in [3.05, 3.63) is 69.5 Å². The van der Waals surface area contributed by atoms with Crippen molar-refractivity contribution in [1.29, 1.82) is 0 Å². The molecule has 0 aliphatic rings. The Balaban J connectivity index is 1.70. The maximum atomic E-state index is 12.6. The van der Waals surface area contributed by atoms with E-state index in [1.807, 2.05) is 37.4 Å². The van der Waals surface area contributed by atoms with Gasteiger partial charge in [-0.3, -0.25) is 9.48 Å². The Morgan fingerprint density at radius 3 is 2.58 bits per heavy atom. The molecule has 0 atom stereocenters. The molecular weight excluding hydrogens is 389 g/mol. The number of nitrogens with zero attached hydrogens (tertiary/aromatic N) is 2. The normalized spacial score (nSPS) is 11.0. The molecule has 4 nitrogen and oxygen atoms in total. The van der Waals surface area contributed by atoms with Gasteiger partial charge in [0, 0.05) is 33.7 Å². The largest absolute Gasteiger partial charge is 0.321 e. The van der Waals surface area contributed by atoms with Gasteiger partial charge in [0.25, 0.3) is 5.91 Å². The number of nitrogens with one attached hydrogen (secondary N) is 1. The minimum Gasteiger partial charge on any atom is -0.321 e. The fourth-order valence-corrected chi connectivity index (χ4v) is 4.02. The van der Waals surface area contributed by atoms with Crippen LogP contribution in [0.4, 0.5) is 5.69 Å². The molecule has 7 heteroatoms. The highest BCUT2D eigenvalue weighted by Crippen LogP contribution is 2.34. The molecule has 0 saturated carbocycles. The number of hydrogen-bond donors (Lipinski definition) is 1. The highest BCUT2D eigenvalue weighted by Gasteiger charge is 2.18. The molecule has 0 spiro atoms. The van der Waals surface area contributed by atoms with E-state index < -0.39 is 0 Å². The van der Waals surface area contributed by atoms with Crippen molar-refractivity contribution < 1.29 is 4.79 Å². The average molecular weight is 402 g/mol. The third kappa shape index (κ3) is 3.21. The van der Waals surface area contributed by atoms with Crippen molar-refractivity contribution in [2.75, 3.05) is 5.32 Å². The van der Waals surface area contributed by atoms with Crippen molar-refractivity contribution in [2.45, 2.75) is 0 Å². The van der Waals surface area contributed by atoms with Crippen LogP contribution in [0.1, 0.15) is 9.67 Å². The summed E-state index contributed by atoms with van der Waals surface area (Å²) in [5.74, 6) is -0.171. The second-order valence-electron chi connectivity index (χ2n) is 5.77. The molecule has 0 aliphatic heterocycles. The van der Waals surface area contributed by atoms with Gasteiger partial charge in [0.1, 0.15) is 10.5 Å². The lowest BCUT2D eigenvalue weighted by atomic mass is 10.1. The van der Waals surface area contributed by atoms with Crippen molar-refractivity contribution in [3.8, 4) is 11.3 Å². The fraction of sp³-hybridized carbons (Fsp3) is 0.0526. The van der Waals surface area contributed by atoms with Gasteiger partial charge in [-0.05, 0) is 36.4 Å². The van der Waals surface area contributed by atoms with Gasteiger partial charge >= 0.3 is 0 Å². The van der Waals surface area contributed by atoms with E-state index in [1.165, 1.54) is 11.3 Å². The Kier molecular flexibility index (Phi) is 4.44. The van der Waals surface area contributed by atoms with Crippen molar-refractivity contribution >= 4 is 56.3 Å². The van der Waals surface area contributed by atoms with Gasteiger partial charge in [-0.25, -0.2) is 0 Å². The summed E-state index contributed by atoms with van der Waals surface area (Å²) in [6.45, 7) is 0. The Hall–Kier alpha value is -2.34. The second kappa shape index (κ2) is 6.76. The topological polar surface area (TPSA) is 46.9 Å². The summed E-state index contributed by atoms with van der Waals surface area (Å²) in [6.07, 6.45) is 0. The third-order valence-electron chi connectivity index (χ3n) is 3.94. The van der Waals surface area contributed by atoms with Gasteiger partial charge in [0.15, 0.2) is 0 Å². The molecule has 2 aromatic carbocycles. The van der Waals surface area contributed by atoms with E-state index in [1.54, 1.807) is 28.9 Å². The number of aromatic nitrogens is 2. The number of fused-ring (bicyclic) bond motifs is 1. The van der Waals surface area contributed by atoms with Gasteiger partial charge in [0.2, 0.25) is 0 Å². The molecule has 0 fully saturated rings. The zero-order chi connectivity index (χ0) is 18.3. The van der Waals surface area contributed by atoms with Crippen LogP contribution in [0.25, 0.3) is 21.5 Å². The summed E-state index contributed by atoms with van der Waals surface area (Å²) < 4.78 is 1.79. The number of benzene rings is 2. The van der Waals surface area contributed by atoms with Gasteiger partial charge < -0.3 is 5.32 Å². The number of hydrogen-bond acceptors (Lipinski definition) is 3. The molecule has 0 bridgehead atoms. The lowest BCUT2D eigenvalue weighted by Gasteiger charge is -2.03. The first kappa shape index (κ1) is 17.1. The summed E-state index contributed by atoms with van der Waals surface area (Å²) in [6, 6.07) is 16.5. The van der Waals surface area contributed by atoms with Crippen LogP contribution in [0, 0.1) is 0 Å². The summed E-state index contributed by atoms with van der Waals surface area (Å²) in [5.41, 5.74) is 2.45. The van der Waals surface area contributed by atoms with E-state index >= 15 is 0 Å². The zero-order valence-electron chi connectivity index (χ0n) is 13.7. The first-order valence-electron chi connectivity index (χ1n) is 7.80. The Bertz CT molecular complexity index is 1120. The first-order chi connectivity index (χ1) is 12.5. The summed E-state index contributed by atoms with van der Waals surface area (Å²) in [5, 5.41) is 9.65. The number of carbonyl (C=O) groups excluding carboxylic acids is 1. The Morgan fingerprint density at radius 1 is 1.08 bits per heavy atom. The molecule has 130 valence electrons. The molecule has 4 rings (SSSR count). The van der Waals surface area contributed by atoms with Gasteiger partial charge in [-0.1, -0.05) is 41.4 Å². The van der Waals surface area contributed by atoms with Crippen LogP contribution in [0.15, 0.2) is 54.6 Å². The number of halogens is 2. The molecule has 4 aromatic rings. The number of carbonyl (C=O) groups is 1. The SMILES string of the molecule is Cn1nc(-c2ccc(Cl)cc2)c2cc(C(=O)Nc3cccc(Cl)c3)sc21. The smallest absolute Gasteiger partial charge is 0.265 e. The summed E-state index contributed by atoms with van der Waals surface area (Å²) in [7, 11) is 1.87. The molecule has 26 heavy (non-hydrogen) atoms. The maximum Gasteiger partial charge on any atom is 0.265 e. The number of amides is 1. The highest BCUT2D eigenvalue weighted by atomic mass is 35.5. The second-order valence-corrected chi connectivity index (χ2v) is 7.68. The molecule has 0 aliphatic carbocycles. The van der Waals surface area contributed by atoms with E-state index in [0.717, 1.165) is 21.5 Å². The summed E-state index contributed by atoms with van der Waals surface area (Å²) in [4.78, 5) is 14.2. The van der Waals surface area contributed by atoms with E-state index in [9.17, 15) is 4.79 Å². The van der Waals surface area contributed by atoms with Crippen molar-refractivity contribution in [2.24, 2.45) is 7.05 Å². The van der Waals surface area contributed by atoms with E-state index in [4.69, 9.17) is 23.2 Å². The predicted molar refractivity (Wildman–Crippen MR) is 108 cm³/mol. The third-order valence-corrected chi connectivity index (χ3v) is 5.62.